The van der Waals surface area contributed by atoms with Gasteiger partial charge in [0, 0.05) is 11.3 Å². The Morgan fingerprint density at radius 2 is 1.69 bits per heavy atom. The molecule has 0 aromatic carbocycles. The van der Waals surface area contributed by atoms with Gasteiger partial charge >= 0.3 is 0 Å². The van der Waals surface area contributed by atoms with Crippen LogP contribution in [-0.4, -0.2) is 44.6 Å². The minimum absolute atomic E-state index is 0.0202. The Balaban J connectivity index is 1.64. The van der Waals surface area contributed by atoms with Crippen molar-refractivity contribution in [2.24, 2.45) is 35.0 Å². The summed E-state index contributed by atoms with van der Waals surface area (Å²) in [7, 11) is -1.95. The highest BCUT2D eigenvalue weighted by Crippen LogP contribution is 2.70. The summed E-state index contributed by atoms with van der Waals surface area (Å²) in [5.74, 6) is 8.53. The van der Waals surface area contributed by atoms with Crippen LogP contribution in [0.2, 0.25) is 18.1 Å². The number of hydrogen-bond donors (Lipinski definition) is 1. The Morgan fingerprint density at radius 1 is 1.06 bits per heavy atom. The Kier molecular flexibility index (Phi) is 7.95. The van der Waals surface area contributed by atoms with Crippen LogP contribution in [0.15, 0.2) is 0 Å². The number of hydrogen-bond acceptors (Lipinski definition) is 4. The maximum Gasteiger partial charge on any atom is 0.193 e. The van der Waals surface area contributed by atoms with E-state index in [0.717, 1.165) is 19.3 Å². The van der Waals surface area contributed by atoms with Gasteiger partial charge in [-0.15, -0.1) is 0 Å². The number of aliphatic hydroxyl groups is 1. The number of ether oxygens (including phenoxy) is 2. The van der Waals surface area contributed by atoms with E-state index >= 15 is 0 Å². The molecule has 1 unspecified atom stereocenters. The molecule has 5 heteroatoms. The summed E-state index contributed by atoms with van der Waals surface area (Å²) in [5, 5.41) is 11.4. The molecule has 6 atom stereocenters. The maximum absolute atomic E-state index is 11.3. The summed E-state index contributed by atoms with van der Waals surface area (Å²) in [6.07, 6.45) is 8.68. The van der Waals surface area contributed by atoms with Gasteiger partial charge in [0.1, 0.15) is 6.10 Å². The van der Waals surface area contributed by atoms with Gasteiger partial charge in [-0.2, -0.15) is 0 Å². The van der Waals surface area contributed by atoms with E-state index in [1.807, 2.05) is 0 Å². The van der Waals surface area contributed by atoms with E-state index in [2.05, 4.69) is 66.5 Å². The number of rotatable bonds is 5. The third-order valence-electron chi connectivity index (χ3n) is 10.4. The van der Waals surface area contributed by atoms with Gasteiger partial charge < -0.3 is 19.0 Å². The van der Waals surface area contributed by atoms with Crippen LogP contribution in [0.3, 0.4) is 0 Å². The Hall–Kier alpha value is -0.383. The predicted octanol–water partition coefficient (Wildman–Crippen LogP) is 6.77. The topological polar surface area (TPSA) is 47.9 Å². The molecule has 0 bridgehead atoms. The van der Waals surface area contributed by atoms with E-state index in [-0.39, 0.29) is 28.6 Å². The summed E-state index contributed by atoms with van der Waals surface area (Å²) >= 11 is 0. The molecule has 4 aliphatic rings. The van der Waals surface area contributed by atoms with Gasteiger partial charge in [-0.1, -0.05) is 72.6 Å². The molecule has 35 heavy (non-hydrogen) atoms. The molecule has 4 rings (SSSR count). The molecule has 0 amide bonds. The summed E-state index contributed by atoms with van der Waals surface area (Å²) in [6, 6.07) is 0. The van der Waals surface area contributed by atoms with Crippen LogP contribution in [0.25, 0.3) is 0 Å². The Morgan fingerprint density at radius 3 is 2.26 bits per heavy atom. The first-order valence-electron chi connectivity index (χ1n) is 14.5. The molecule has 4 nitrogen and oxygen atoms in total. The van der Waals surface area contributed by atoms with Gasteiger partial charge in [-0.05, 0) is 68.0 Å². The average Bonchev–Trinajstić information content (AvgIpc) is 3.30. The van der Waals surface area contributed by atoms with Crippen LogP contribution >= 0.6 is 0 Å². The molecule has 1 heterocycles. The number of aliphatic hydroxyl groups excluding tert-OH is 1. The van der Waals surface area contributed by atoms with Crippen molar-refractivity contribution in [1.82, 2.24) is 0 Å². The second kappa shape index (κ2) is 10.1. The van der Waals surface area contributed by atoms with Crippen molar-refractivity contribution < 1.29 is 19.0 Å². The zero-order valence-corrected chi connectivity index (χ0v) is 24.8. The monoisotopic (exact) mass is 504 g/mol. The smallest absolute Gasteiger partial charge is 0.193 e. The van der Waals surface area contributed by atoms with Crippen molar-refractivity contribution in [1.29, 1.82) is 0 Å². The van der Waals surface area contributed by atoms with Crippen molar-refractivity contribution in [2.75, 3.05) is 13.2 Å². The molecule has 1 aliphatic heterocycles. The zero-order chi connectivity index (χ0) is 25.6. The first-order chi connectivity index (χ1) is 16.3. The molecule has 0 aromatic heterocycles. The predicted molar refractivity (Wildman–Crippen MR) is 144 cm³/mol. The molecular formula is C30H52O4Si. The van der Waals surface area contributed by atoms with E-state index in [4.69, 9.17) is 13.9 Å². The second-order valence-electron chi connectivity index (χ2n) is 14.2. The van der Waals surface area contributed by atoms with E-state index in [0.29, 0.717) is 36.9 Å². The molecule has 4 fully saturated rings. The molecule has 3 aliphatic carbocycles. The average molecular weight is 505 g/mol. The molecule has 1 spiro atoms. The van der Waals surface area contributed by atoms with Gasteiger partial charge in [0.2, 0.25) is 0 Å². The van der Waals surface area contributed by atoms with Crippen molar-refractivity contribution >= 4 is 8.32 Å². The molecule has 1 saturated heterocycles. The van der Waals surface area contributed by atoms with Crippen LogP contribution in [0.1, 0.15) is 92.9 Å². The minimum Gasteiger partial charge on any atom is -0.403 e. The first-order valence-corrected chi connectivity index (χ1v) is 17.4. The Bertz CT molecular complexity index is 793. The minimum atomic E-state index is -1.95. The lowest BCUT2D eigenvalue weighted by atomic mass is 9.41. The van der Waals surface area contributed by atoms with E-state index in [1.165, 1.54) is 32.1 Å². The molecule has 3 saturated carbocycles. The largest absolute Gasteiger partial charge is 0.403 e. The quantitative estimate of drug-likeness (QED) is 0.331. The van der Waals surface area contributed by atoms with Gasteiger partial charge in [0.25, 0.3) is 0 Å². The molecule has 1 N–H and O–H groups in total. The molecular weight excluding hydrogens is 452 g/mol. The lowest BCUT2D eigenvalue weighted by Crippen LogP contribution is -2.74. The highest BCUT2D eigenvalue weighted by atomic mass is 28.4. The van der Waals surface area contributed by atoms with Gasteiger partial charge in [-0.25, -0.2) is 0 Å². The van der Waals surface area contributed by atoms with Crippen LogP contribution in [-0.2, 0) is 13.9 Å². The first kappa shape index (κ1) is 27.6. The molecule has 0 aromatic rings. The van der Waals surface area contributed by atoms with Gasteiger partial charge in [0.05, 0.1) is 25.2 Å². The third kappa shape index (κ3) is 4.92. The van der Waals surface area contributed by atoms with E-state index in [1.54, 1.807) is 0 Å². The van der Waals surface area contributed by atoms with E-state index < -0.39 is 14.1 Å². The van der Waals surface area contributed by atoms with Crippen molar-refractivity contribution in [2.45, 2.75) is 129 Å². The van der Waals surface area contributed by atoms with E-state index in [9.17, 15) is 5.11 Å². The summed E-state index contributed by atoms with van der Waals surface area (Å²) < 4.78 is 19.8. The van der Waals surface area contributed by atoms with Crippen LogP contribution in [0.4, 0.5) is 0 Å². The summed E-state index contributed by atoms with van der Waals surface area (Å²) in [4.78, 5) is 0. The van der Waals surface area contributed by atoms with Crippen LogP contribution in [0, 0.1) is 46.8 Å². The van der Waals surface area contributed by atoms with Crippen LogP contribution in [0.5, 0.6) is 0 Å². The fraction of sp³-hybridized carbons (Fsp3) is 0.933. The Labute approximate surface area is 216 Å². The molecule has 0 radical (unpaired) electrons. The normalized spacial score (nSPS) is 36.4. The van der Waals surface area contributed by atoms with Crippen molar-refractivity contribution in [3.63, 3.8) is 0 Å². The zero-order valence-electron chi connectivity index (χ0n) is 23.8. The maximum atomic E-state index is 11.3. The SMILES string of the molecule is CC(C)CC1[C@H]2[C@H](C#C[C@@H](O[Si](C)(C)C(C)(C)C)C3CCCCC3)[C@@H](O)CC[C@@]2(C)C12OCCO2. The number of fused-ring (bicyclic) bond motifs is 2. The second-order valence-corrected chi connectivity index (χ2v) is 18.9. The van der Waals surface area contributed by atoms with Crippen LogP contribution < -0.4 is 0 Å². The van der Waals surface area contributed by atoms with Crippen molar-refractivity contribution in [3.05, 3.63) is 0 Å². The lowest BCUT2D eigenvalue weighted by Gasteiger charge is -2.69. The van der Waals surface area contributed by atoms with Crippen molar-refractivity contribution in [3.8, 4) is 11.8 Å². The standard InChI is InChI=1S/C30H52O4Si/c1-21(2)20-24-27-23(25(31)16-17-29(27,6)30(24)32-18-19-33-30)14-15-26(22-12-10-9-11-13-22)34-35(7,8)28(3,4)5/h21-27,31H,9-13,16-20H2,1-8H3/t23-,24?,25+,26-,27-,29-/m1/s1. The lowest BCUT2D eigenvalue weighted by molar-refractivity contribution is -0.387. The summed E-state index contributed by atoms with van der Waals surface area (Å²) in [5.41, 5.74) is -0.0811. The molecule has 200 valence electrons. The fourth-order valence-corrected chi connectivity index (χ4v) is 8.65. The summed E-state index contributed by atoms with van der Waals surface area (Å²) in [6.45, 7) is 19.9. The van der Waals surface area contributed by atoms with Gasteiger partial charge in [-0.3, -0.25) is 0 Å². The highest BCUT2D eigenvalue weighted by Gasteiger charge is 2.75. The fourth-order valence-electron chi connectivity index (χ4n) is 7.41. The third-order valence-corrected chi connectivity index (χ3v) is 14.8. The highest BCUT2D eigenvalue weighted by molar-refractivity contribution is 6.74. The van der Waals surface area contributed by atoms with Gasteiger partial charge in [0.15, 0.2) is 14.1 Å².